The molecule has 226 valence electrons. The van der Waals surface area contributed by atoms with Crippen LogP contribution in [-0.2, 0) is 0 Å². The number of hydrogen-bond donors (Lipinski definition) is 0. The molecule has 1 aromatic heterocycles. The molecule has 0 atom stereocenters. The highest BCUT2D eigenvalue weighted by Crippen LogP contribution is 2.44. The predicted octanol–water partition coefficient (Wildman–Crippen LogP) is 11.8. The smallest absolute Gasteiger partial charge is 0.0992 e. The van der Waals surface area contributed by atoms with E-state index in [1.165, 1.54) is 21.9 Å². The minimum absolute atomic E-state index is 0.610. The second-order valence-electron chi connectivity index (χ2n) is 12.4. The molecule has 0 amide bonds. The molecule has 3 nitrogen and oxygen atoms in total. The molecule has 0 saturated heterocycles. The van der Waals surface area contributed by atoms with Gasteiger partial charge in [-0.3, -0.25) is 0 Å². The van der Waals surface area contributed by atoms with Crippen molar-refractivity contribution in [1.29, 1.82) is 10.5 Å². The topological polar surface area (TPSA) is 52.5 Å². The Morgan fingerprint density at radius 3 is 1.57 bits per heavy atom. The van der Waals surface area contributed by atoms with Crippen LogP contribution in [0, 0.1) is 22.7 Å². The zero-order valence-corrected chi connectivity index (χ0v) is 26.4. The average Bonchev–Trinajstić information content (AvgIpc) is 3.50. The number of rotatable bonds is 4. The van der Waals surface area contributed by atoms with E-state index in [0.717, 1.165) is 60.5 Å². The van der Waals surface area contributed by atoms with Gasteiger partial charge >= 0.3 is 0 Å². The molecule has 0 aliphatic rings. The summed E-state index contributed by atoms with van der Waals surface area (Å²) in [5, 5.41) is 26.7. The molecule has 0 spiro atoms. The molecule has 0 unspecified atom stereocenters. The first kappa shape index (κ1) is 28.3. The van der Waals surface area contributed by atoms with Crippen LogP contribution in [0.2, 0.25) is 0 Å². The summed E-state index contributed by atoms with van der Waals surface area (Å²) in [6.45, 7) is 0. The van der Waals surface area contributed by atoms with Crippen LogP contribution in [0.25, 0.3) is 82.4 Å². The van der Waals surface area contributed by atoms with E-state index >= 15 is 0 Å². The van der Waals surface area contributed by atoms with Crippen molar-refractivity contribution >= 4 is 43.4 Å². The third-order valence-electron chi connectivity index (χ3n) is 9.58. The highest BCUT2D eigenvalue weighted by molar-refractivity contribution is 6.21. The van der Waals surface area contributed by atoms with Crippen molar-refractivity contribution < 1.29 is 0 Å². The molecular formula is C46H27N3. The largest absolute Gasteiger partial charge is 0.309 e. The molecule has 9 aromatic rings. The monoisotopic (exact) mass is 621 g/mol. The highest BCUT2D eigenvalue weighted by Gasteiger charge is 2.18. The third-order valence-corrected chi connectivity index (χ3v) is 9.58. The second-order valence-corrected chi connectivity index (χ2v) is 12.4. The lowest BCUT2D eigenvalue weighted by atomic mass is 9.85. The first-order valence-corrected chi connectivity index (χ1v) is 16.3. The maximum absolute atomic E-state index is 10.3. The Bertz CT molecular complexity index is 2790. The van der Waals surface area contributed by atoms with Gasteiger partial charge in [0, 0.05) is 16.5 Å². The predicted molar refractivity (Wildman–Crippen MR) is 202 cm³/mol. The van der Waals surface area contributed by atoms with Gasteiger partial charge in [0.25, 0.3) is 0 Å². The summed E-state index contributed by atoms with van der Waals surface area (Å²) in [5.41, 5.74) is 10.9. The van der Waals surface area contributed by atoms with Gasteiger partial charge in [0.2, 0.25) is 0 Å². The maximum atomic E-state index is 10.3. The van der Waals surface area contributed by atoms with Gasteiger partial charge in [0.15, 0.2) is 0 Å². The lowest BCUT2D eigenvalue weighted by molar-refractivity contribution is 1.18. The van der Waals surface area contributed by atoms with Crippen molar-refractivity contribution in [2.45, 2.75) is 0 Å². The minimum atomic E-state index is 0.610. The van der Waals surface area contributed by atoms with Crippen molar-refractivity contribution in [3.8, 4) is 51.2 Å². The molecule has 9 rings (SSSR count). The molecule has 1 heterocycles. The number of fused-ring (bicyclic) bond motifs is 5. The van der Waals surface area contributed by atoms with Crippen LogP contribution in [0.1, 0.15) is 11.1 Å². The molecule has 0 saturated carbocycles. The summed E-state index contributed by atoms with van der Waals surface area (Å²) in [5.74, 6) is 0. The summed E-state index contributed by atoms with van der Waals surface area (Å²) in [6.07, 6.45) is 0. The highest BCUT2D eigenvalue weighted by atomic mass is 15.0. The summed E-state index contributed by atoms with van der Waals surface area (Å²) < 4.78 is 2.26. The molecule has 49 heavy (non-hydrogen) atoms. The van der Waals surface area contributed by atoms with Crippen molar-refractivity contribution in [1.82, 2.24) is 4.57 Å². The fraction of sp³-hybridized carbons (Fsp3) is 0. The number of benzene rings is 8. The number of aromatic nitrogens is 1. The SMILES string of the molecule is N#Cc1cc(-c2cccc(-n3c4ccccc4c4cc(C#N)ccc43)c2)cc(-c2c3ccccc3c(-c3ccccc3)c3ccccc23)c1. The van der Waals surface area contributed by atoms with Crippen LogP contribution in [-0.4, -0.2) is 4.57 Å². The van der Waals surface area contributed by atoms with Gasteiger partial charge in [0.05, 0.1) is 34.3 Å². The normalized spacial score (nSPS) is 11.2. The van der Waals surface area contributed by atoms with E-state index in [0.29, 0.717) is 11.1 Å². The third kappa shape index (κ3) is 4.57. The van der Waals surface area contributed by atoms with Crippen LogP contribution in [0.5, 0.6) is 0 Å². The van der Waals surface area contributed by atoms with Gasteiger partial charge in [-0.2, -0.15) is 10.5 Å². The number of nitrogens with zero attached hydrogens (tertiary/aromatic N) is 3. The van der Waals surface area contributed by atoms with Crippen LogP contribution in [0.4, 0.5) is 0 Å². The van der Waals surface area contributed by atoms with E-state index in [1.54, 1.807) is 0 Å². The number of nitriles is 2. The zero-order valence-electron chi connectivity index (χ0n) is 26.4. The van der Waals surface area contributed by atoms with Crippen molar-refractivity contribution in [3.05, 3.63) is 175 Å². The Balaban J connectivity index is 1.28. The summed E-state index contributed by atoms with van der Waals surface area (Å²) in [4.78, 5) is 0. The molecule has 0 bridgehead atoms. The first-order chi connectivity index (χ1) is 24.2. The lowest BCUT2D eigenvalue weighted by Crippen LogP contribution is -1.95. The van der Waals surface area contributed by atoms with Crippen molar-refractivity contribution in [2.75, 3.05) is 0 Å². The van der Waals surface area contributed by atoms with Gasteiger partial charge in [-0.25, -0.2) is 0 Å². The Morgan fingerprint density at radius 1 is 0.347 bits per heavy atom. The average molecular weight is 622 g/mol. The fourth-order valence-corrected chi connectivity index (χ4v) is 7.50. The molecule has 0 radical (unpaired) electrons. The van der Waals surface area contributed by atoms with Gasteiger partial charge in [0.1, 0.15) is 0 Å². The van der Waals surface area contributed by atoms with Crippen molar-refractivity contribution in [2.24, 2.45) is 0 Å². The molecule has 3 heteroatoms. The lowest BCUT2D eigenvalue weighted by Gasteiger charge is -2.18. The van der Waals surface area contributed by atoms with Gasteiger partial charge in [-0.05, 0) is 110 Å². The van der Waals surface area contributed by atoms with E-state index in [2.05, 4.69) is 138 Å². The minimum Gasteiger partial charge on any atom is -0.309 e. The Hall–Kier alpha value is -6.94. The summed E-state index contributed by atoms with van der Waals surface area (Å²) >= 11 is 0. The van der Waals surface area contributed by atoms with E-state index in [9.17, 15) is 10.5 Å². The van der Waals surface area contributed by atoms with E-state index < -0.39 is 0 Å². The van der Waals surface area contributed by atoms with E-state index in [1.807, 2.05) is 42.5 Å². The quantitative estimate of drug-likeness (QED) is 0.184. The fourth-order valence-electron chi connectivity index (χ4n) is 7.50. The first-order valence-electron chi connectivity index (χ1n) is 16.3. The van der Waals surface area contributed by atoms with Gasteiger partial charge in [-0.1, -0.05) is 109 Å². The molecule has 0 fully saturated rings. The zero-order chi connectivity index (χ0) is 32.9. The van der Waals surface area contributed by atoms with E-state index in [4.69, 9.17) is 0 Å². The Kier molecular flexibility index (Phi) is 6.58. The maximum Gasteiger partial charge on any atom is 0.0992 e. The second kappa shape index (κ2) is 11.4. The Morgan fingerprint density at radius 2 is 0.898 bits per heavy atom. The molecular weight excluding hydrogens is 595 g/mol. The van der Waals surface area contributed by atoms with E-state index in [-0.39, 0.29) is 0 Å². The van der Waals surface area contributed by atoms with Crippen LogP contribution in [0.3, 0.4) is 0 Å². The molecule has 0 aliphatic carbocycles. The van der Waals surface area contributed by atoms with Crippen LogP contribution < -0.4 is 0 Å². The Labute approximate surface area is 283 Å². The van der Waals surface area contributed by atoms with Gasteiger partial charge < -0.3 is 4.57 Å². The molecule has 8 aromatic carbocycles. The van der Waals surface area contributed by atoms with Crippen LogP contribution >= 0.6 is 0 Å². The molecule has 0 N–H and O–H groups in total. The standard InChI is InChI=1S/C46H27N3/c47-28-30-21-22-44-42(25-30)37-15-8-9-20-43(37)49(44)36-14-10-13-33(27-36)34-23-31(29-48)24-35(26-34)46-40-18-6-4-16-38(40)45(32-11-2-1-3-12-32)39-17-5-7-19-41(39)46/h1-27H. The number of para-hydroxylation sites is 1. The summed E-state index contributed by atoms with van der Waals surface area (Å²) in [6, 6.07) is 61.5. The molecule has 0 aliphatic heterocycles. The van der Waals surface area contributed by atoms with Crippen LogP contribution in [0.15, 0.2) is 164 Å². The summed E-state index contributed by atoms with van der Waals surface area (Å²) in [7, 11) is 0. The van der Waals surface area contributed by atoms with Gasteiger partial charge in [-0.15, -0.1) is 0 Å². The number of hydrogen-bond acceptors (Lipinski definition) is 2. The van der Waals surface area contributed by atoms with Crippen molar-refractivity contribution in [3.63, 3.8) is 0 Å².